The molecule has 0 aliphatic carbocycles. The molecule has 0 saturated carbocycles. The highest BCUT2D eigenvalue weighted by Crippen LogP contribution is 2.31. The summed E-state index contributed by atoms with van der Waals surface area (Å²) in [5.74, 6) is -1.28. The summed E-state index contributed by atoms with van der Waals surface area (Å²) in [6, 6.07) is 21.3. The molecule has 0 spiro atoms. The van der Waals surface area contributed by atoms with Crippen LogP contribution < -0.4 is 15.1 Å². The third-order valence-electron chi connectivity index (χ3n) is 5.63. The van der Waals surface area contributed by atoms with Crippen LogP contribution in [0.25, 0.3) is 0 Å². The van der Waals surface area contributed by atoms with Crippen molar-refractivity contribution in [3.63, 3.8) is 0 Å². The van der Waals surface area contributed by atoms with E-state index in [4.69, 9.17) is 11.6 Å². The van der Waals surface area contributed by atoms with Gasteiger partial charge in [-0.2, -0.15) is 0 Å². The van der Waals surface area contributed by atoms with Gasteiger partial charge in [0.2, 0.25) is 0 Å². The first-order valence-electron chi connectivity index (χ1n) is 10.3. The number of imide groups is 1. The molecule has 1 heterocycles. The Morgan fingerprint density at radius 1 is 0.879 bits per heavy atom. The summed E-state index contributed by atoms with van der Waals surface area (Å²) in [5, 5.41) is 2.76. The summed E-state index contributed by atoms with van der Waals surface area (Å²) in [6.45, 7) is 3.87. The molecule has 33 heavy (non-hydrogen) atoms. The normalized spacial score (nSPS) is 13.5. The van der Waals surface area contributed by atoms with Gasteiger partial charge in [-0.25, -0.2) is 4.90 Å². The van der Waals surface area contributed by atoms with E-state index in [1.165, 1.54) is 0 Å². The van der Waals surface area contributed by atoms with Crippen molar-refractivity contribution in [1.82, 2.24) is 0 Å². The molecule has 7 heteroatoms. The molecule has 1 aliphatic rings. The fraction of sp³-hybridized carbons (Fsp3) is 0.115. The molecular formula is C26H22ClN3O3. The molecular weight excluding hydrogens is 438 g/mol. The third kappa shape index (κ3) is 4.25. The molecule has 1 N–H and O–H groups in total. The van der Waals surface area contributed by atoms with Crippen molar-refractivity contribution in [2.45, 2.75) is 13.8 Å². The average molecular weight is 460 g/mol. The maximum absolute atomic E-state index is 13.0. The lowest BCUT2D eigenvalue weighted by Gasteiger charge is -2.18. The number of carbonyl (C=O) groups excluding carboxylic acids is 3. The zero-order chi connectivity index (χ0) is 23.7. The largest absolute Gasteiger partial charge is 0.350 e. The fourth-order valence-electron chi connectivity index (χ4n) is 3.51. The van der Waals surface area contributed by atoms with Gasteiger partial charge in [0.15, 0.2) is 0 Å². The van der Waals surface area contributed by atoms with Crippen LogP contribution in [0.5, 0.6) is 0 Å². The first-order chi connectivity index (χ1) is 15.8. The molecule has 0 saturated heterocycles. The van der Waals surface area contributed by atoms with Crippen molar-refractivity contribution in [3.05, 3.63) is 100 Å². The van der Waals surface area contributed by atoms with E-state index < -0.39 is 11.8 Å². The second-order valence-electron chi connectivity index (χ2n) is 7.81. The van der Waals surface area contributed by atoms with Crippen LogP contribution in [0.4, 0.5) is 17.1 Å². The Balaban J connectivity index is 1.52. The zero-order valence-corrected chi connectivity index (χ0v) is 19.2. The molecule has 0 atom stereocenters. The summed E-state index contributed by atoms with van der Waals surface area (Å²) in [4.78, 5) is 41.1. The number of benzene rings is 3. The molecule has 0 fully saturated rings. The van der Waals surface area contributed by atoms with Gasteiger partial charge in [-0.05, 0) is 73.5 Å². The Morgan fingerprint density at radius 2 is 1.55 bits per heavy atom. The van der Waals surface area contributed by atoms with Crippen LogP contribution in [0.3, 0.4) is 0 Å². The summed E-state index contributed by atoms with van der Waals surface area (Å²) in [5.41, 5.74) is 4.29. The molecule has 0 radical (unpaired) electrons. The Morgan fingerprint density at radius 3 is 2.18 bits per heavy atom. The van der Waals surface area contributed by atoms with E-state index in [0.717, 1.165) is 21.7 Å². The van der Waals surface area contributed by atoms with Crippen LogP contribution in [-0.4, -0.2) is 24.8 Å². The number of halogens is 1. The van der Waals surface area contributed by atoms with Gasteiger partial charge >= 0.3 is 0 Å². The highest BCUT2D eigenvalue weighted by atomic mass is 35.5. The molecule has 0 unspecified atom stereocenters. The maximum Gasteiger partial charge on any atom is 0.283 e. The van der Waals surface area contributed by atoms with Crippen LogP contribution in [0.2, 0.25) is 0 Å². The minimum Gasteiger partial charge on any atom is -0.350 e. The van der Waals surface area contributed by atoms with E-state index in [9.17, 15) is 14.4 Å². The molecule has 6 nitrogen and oxygen atoms in total. The predicted molar refractivity (Wildman–Crippen MR) is 131 cm³/mol. The summed E-state index contributed by atoms with van der Waals surface area (Å²) < 4.78 is 0. The van der Waals surface area contributed by atoms with E-state index in [0.29, 0.717) is 16.9 Å². The lowest BCUT2D eigenvalue weighted by Crippen LogP contribution is -2.32. The molecule has 3 aromatic rings. The number of para-hydroxylation sites is 1. The monoisotopic (exact) mass is 459 g/mol. The molecule has 4 rings (SSSR count). The lowest BCUT2D eigenvalue weighted by molar-refractivity contribution is -0.120. The Labute approximate surface area is 197 Å². The number of aryl methyl sites for hydroxylation is 2. The molecule has 0 bridgehead atoms. The number of nitrogens with zero attached hydrogens (tertiary/aromatic N) is 2. The summed E-state index contributed by atoms with van der Waals surface area (Å²) in [6.07, 6.45) is 0. The van der Waals surface area contributed by atoms with Crippen molar-refractivity contribution in [2.24, 2.45) is 0 Å². The van der Waals surface area contributed by atoms with Crippen molar-refractivity contribution in [1.29, 1.82) is 0 Å². The van der Waals surface area contributed by atoms with Crippen LogP contribution in [0, 0.1) is 13.8 Å². The molecule has 0 aromatic heterocycles. The number of hydrogen-bond donors (Lipinski definition) is 1. The first-order valence-corrected chi connectivity index (χ1v) is 10.7. The number of nitrogens with one attached hydrogen (secondary N) is 1. The number of carbonyl (C=O) groups is 3. The predicted octanol–water partition coefficient (Wildman–Crippen LogP) is 5.02. The minimum atomic E-state index is -0.580. The standard InChI is InChI=1S/C26H22ClN3O3/c1-16-9-14-21(15-17(16)2)30-25(32)22(27)23(26(30)33)28-19-12-10-18(11-13-19)24(31)29(3)20-7-5-4-6-8-20/h4-15,28H,1-3H3. The van der Waals surface area contributed by atoms with Crippen molar-refractivity contribution >= 4 is 46.4 Å². The van der Waals surface area contributed by atoms with Crippen LogP contribution in [0.1, 0.15) is 21.5 Å². The van der Waals surface area contributed by atoms with Gasteiger partial charge in [0.05, 0.1) is 5.69 Å². The van der Waals surface area contributed by atoms with E-state index in [1.807, 2.05) is 50.2 Å². The van der Waals surface area contributed by atoms with Crippen molar-refractivity contribution in [3.8, 4) is 0 Å². The SMILES string of the molecule is Cc1ccc(N2C(=O)C(Cl)=C(Nc3ccc(C(=O)N(C)c4ccccc4)cc3)C2=O)cc1C. The second kappa shape index (κ2) is 8.92. The lowest BCUT2D eigenvalue weighted by atomic mass is 10.1. The summed E-state index contributed by atoms with van der Waals surface area (Å²) in [7, 11) is 1.71. The van der Waals surface area contributed by atoms with E-state index in [2.05, 4.69) is 5.32 Å². The van der Waals surface area contributed by atoms with Gasteiger partial charge in [0, 0.05) is 24.0 Å². The highest BCUT2D eigenvalue weighted by molar-refractivity contribution is 6.53. The number of hydrogen-bond acceptors (Lipinski definition) is 4. The van der Waals surface area contributed by atoms with Gasteiger partial charge in [0.25, 0.3) is 17.7 Å². The molecule has 1 aliphatic heterocycles. The van der Waals surface area contributed by atoms with Gasteiger partial charge < -0.3 is 10.2 Å². The van der Waals surface area contributed by atoms with Crippen molar-refractivity contribution < 1.29 is 14.4 Å². The van der Waals surface area contributed by atoms with Crippen LogP contribution >= 0.6 is 11.6 Å². The van der Waals surface area contributed by atoms with E-state index in [1.54, 1.807) is 48.3 Å². The molecule has 3 aromatic carbocycles. The topological polar surface area (TPSA) is 69.7 Å². The molecule has 166 valence electrons. The summed E-state index contributed by atoms with van der Waals surface area (Å²) >= 11 is 6.22. The highest BCUT2D eigenvalue weighted by Gasteiger charge is 2.39. The number of amides is 3. The third-order valence-corrected chi connectivity index (χ3v) is 5.98. The zero-order valence-electron chi connectivity index (χ0n) is 18.4. The van der Waals surface area contributed by atoms with E-state index >= 15 is 0 Å². The van der Waals surface area contributed by atoms with Crippen LogP contribution in [-0.2, 0) is 9.59 Å². The Bertz CT molecular complexity index is 1280. The fourth-order valence-corrected chi connectivity index (χ4v) is 3.73. The Hall–Kier alpha value is -3.90. The maximum atomic E-state index is 13.0. The van der Waals surface area contributed by atoms with E-state index in [-0.39, 0.29) is 16.6 Å². The Kier molecular flexibility index (Phi) is 6.03. The number of rotatable bonds is 5. The van der Waals surface area contributed by atoms with Gasteiger partial charge in [-0.3, -0.25) is 14.4 Å². The first kappa shape index (κ1) is 22.3. The molecule has 3 amide bonds. The average Bonchev–Trinajstić information content (AvgIpc) is 3.04. The van der Waals surface area contributed by atoms with Gasteiger partial charge in [0.1, 0.15) is 10.7 Å². The second-order valence-corrected chi connectivity index (χ2v) is 8.18. The smallest absolute Gasteiger partial charge is 0.283 e. The van der Waals surface area contributed by atoms with Crippen LogP contribution in [0.15, 0.2) is 83.5 Å². The van der Waals surface area contributed by atoms with Gasteiger partial charge in [-0.15, -0.1) is 0 Å². The van der Waals surface area contributed by atoms with Gasteiger partial charge in [-0.1, -0.05) is 35.9 Å². The minimum absolute atomic E-state index is 0.000347. The van der Waals surface area contributed by atoms with Crippen molar-refractivity contribution in [2.75, 3.05) is 22.2 Å². The quantitative estimate of drug-likeness (QED) is 0.544. The number of anilines is 3.